The molecule has 1 aliphatic rings. The minimum atomic E-state index is -2.08. The van der Waals surface area contributed by atoms with Crippen molar-refractivity contribution in [2.75, 3.05) is 12.3 Å². The van der Waals surface area contributed by atoms with Crippen LogP contribution in [0.25, 0.3) is 11.2 Å². The van der Waals surface area contributed by atoms with Gasteiger partial charge in [0.05, 0.1) is 12.9 Å². The first kappa shape index (κ1) is 21.5. The van der Waals surface area contributed by atoms with Gasteiger partial charge in [0.2, 0.25) is 16.0 Å². The molecule has 0 radical (unpaired) electrons. The Morgan fingerprint density at radius 1 is 1.32 bits per heavy atom. The third kappa shape index (κ3) is 3.92. The van der Waals surface area contributed by atoms with Gasteiger partial charge < -0.3 is 35.6 Å². The average Bonchev–Trinajstić information content (AvgIpc) is 3.23. The summed E-state index contributed by atoms with van der Waals surface area (Å²) in [6, 6.07) is 0. The first-order chi connectivity index (χ1) is 13.0. The number of ether oxygens (including phenoxy) is 2. The second-order valence-corrected chi connectivity index (χ2v) is 8.38. The smallest absolute Gasteiger partial charge is 0.280 e. The fourth-order valence-electron chi connectivity index (χ4n) is 2.73. The maximum atomic E-state index is 12.0. The number of aliphatic hydroxyl groups is 4. The van der Waals surface area contributed by atoms with Crippen molar-refractivity contribution in [2.45, 2.75) is 40.7 Å². The van der Waals surface area contributed by atoms with Crippen molar-refractivity contribution in [3.8, 4) is 0 Å². The van der Waals surface area contributed by atoms with Crippen molar-refractivity contribution in [2.24, 2.45) is 0 Å². The van der Waals surface area contributed by atoms with E-state index >= 15 is 0 Å². The number of aromatic amines is 1. The van der Waals surface area contributed by atoms with Gasteiger partial charge in [-0.2, -0.15) is 4.98 Å². The topological polar surface area (TPSA) is 189 Å². The zero-order valence-electron chi connectivity index (χ0n) is 13.8. The standard InChI is InChI=1S/C13H16Cl3N5O7/c14-13(15,16)11-27-7(6(25)5(24)3(23)1-22)10(28-11)21-2-18-4-8(21)19-12(17)20-9(4)26/h2-3,5-7,10-11,22-25H,1H2,(H3,17,19,20,26). The lowest BCUT2D eigenvalue weighted by Gasteiger charge is -2.28. The Kier molecular flexibility index (Phi) is 6.06. The normalized spacial score (nSPS) is 26.5. The number of rotatable bonds is 5. The Labute approximate surface area is 171 Å². The Hall–Kier alpha value is -1.22. The summed E-state index contributed by atoms with van der Waals surface area (Å²) < 4.78 is 10.1. The molecule has 6 unspecified atom stereocenters. The summed E-state index contributed by atoms with van der Waals surface area (Å²) in [5, 5.41) is 39.1. The van der Waals surface area contributed by atoms with Crippen LogP contribution in [-0.2, 0) is 9.47 Å². The summed E-state index contributed by atoms with van der Waals surface area (Å²) in [6.45, 7) is -0.828. The van der Waals surface area contributed by atoms with Crippen LogP contribution in [0.15, 0.2) is 11.1 Å². The van der Waals surface area contributed by atoms with Crippen molar-refractivity contribution in [1.82, 2.24) is 19.5 Å². The lowest BCUT2D eigenvalue weighted by atomic mass is 10.0. The molecule has 6 atom stereocenters. The number of H-pyrrole nitrogens is 1. The first-order valence-corrected chi connectivity index (χ1v) is 8.93. The van der Waals surface area contributed by atoms with E-state index in [9.17, 15) is 20.1 Å². The molecular weight excluding hydrogens is 445 g/mol. The largest absolute Gasteiger partial charge is 0.394 e. The zero-order valence-corrected chi connectivity index (χ0v) is 16.1. The molecule has 3 heterocycles. The molecule has 0 bridgehead atoms. The highest BCUT2D eigenvalue weighted by Gasteiger charge is 2.51. The Morgan fingerprint density at radius 3 is 2.61 bits per heavy atom. The minimum Gasteiger partial charge on any atom is -0.394 e. The van der Waals surface area contributed by atoms with Crippen LogP contribution in [0.2, 0.25) is 0 Å². The van der Waals surface area contributed by atoms with Gasteiger partial charge in [-0.1, -0.05) is 34.8 Å². The van der Waals surface area contributed by atoms with Crippen molar-refractivity contribution in [3.63, 3.8) is 0 Å². The van der Waals surface area contributed by atoms with Crippen molar-refractivity contribution in [3.05, 3.63) is 16.7 Å². The number of nitrogens with two attached hydrogens (primary N) is 1. The molecule has 1 fully saturated rings. The van der Waals surface area contributed by atoms with Gasteiger partial charge in [0, 0.05) is 0 Å². The molecule has 2 aromatic rings. The van der Waals surface area contributed by atoms with Crippen LogP contribution in [-0.4, -0.2) is 81.1 Å². The summed E-state index contributed by atoms with van der Waals surface area (Å²) in [7, 11) is 0. The number of aromatic nitrogens is 4. The van der Waals surface area contributed by atoms with E-state index in [2.05, 4.69) is 15.0 Å². The summed E-state index contributed by atoms with van der Waals surface area (Å²) >= 11 is 17.4. The van der Waals surface area contributed by atoms with E-state index in [1.165, 1.54) is 4.57 Å². The third-order valence-electron chi connectivity index (χ3n) is 4.08. The van der Waals surface area contributed by atoms with E-state index in [0.29, 0.717) is 0 Å². The number of fused-ring (bicyclic) bond motifs is 1. The second-order valence-electron chi connectivity index (χ2n) is 6.01. The number of alkyl halides is 3. The second kappa shape index (κ2) is 7.89. The number of nitrogens with one attached hydrogen (secondary N) is 1. The predicted molar refractivity (Wildman–Crippen MR) is 96.7 cm³/mol. The molecule has 1 saturated heterocycles. The van der Waals surface area contributed by atoms with Gasteiger partial charge in [-0.05, 0) is 0 Å². The van der Waals surface area contributed by atoms with E-state index in [-0.39, 0.29) is 17.1 Å². The average molecular weight is 461 g/mol. The Bertz CT molecular complexity index is 903. The Balaban J connectivity index is 2.04. The summed E-state index contributed by atoms with van der Waals surface area (Å²) in [4.78, 5) is 22.1. The minimum absolute atomic E-state index is 0.0192. The monoisotopic (exact) mass is 459 g/mol. The number of aliphatic hydroxyl groups excluding tert-OH is 4. The molecule has 0 aromatic carbocycles. The summed E-state index contributed by atoms with van der Waals surface area (Å²) in [5.41, 5.74) is 4.83. The van der Waals surface area contributed by atoms with Gasteiger partial charge in [-0.3, -0.25) is 14.3 Å². The van der Waals surface area contributed by atoms with Crippen LogP contribution in [0.5, 0.6) is 0 Å². The Morgan fingerprint density at radius 2 is 2.00 bits per heavy atom. The van der Waals surface area contributed by atoms with E-state index in [4.69, 9.17) is 55.1 Å². The van der Waals surface area contributed by atoms with Gasteiger partial charge in [-0.25, -0.2) is 4.98 Å². The molecule has 12 nitrogen and oxygen atoms in total. The molecule has 28 heavy (non-hydrogen) atoms. The highest BCUT2D eigenvalue weighted by molar-refractivity contribution is 6.67. The van der Waals surface area contributed by atoms with E-state index in [0.717, 1.165) is 6.33 Å². The fraction of sp³-hybridized carbons (Fsp3) is 0.615. The molecule has 0 spiro atoms. The fourth-order valence-corrected chi connectivity index (χ4v) is 3.04. The molecule has 1 aliphatic heterocycles. The molecular formula is C13H16Cl3N5O7. The maximum Gasteiger partial charge on any atom is 0.280 e. The van der Waals surface area contributed by atoms with Crippen LogP contribution in [0.3, 0.4) is 0 Å². The quantitative estimate of drug-likeness (QED) is 0.283. The van der Waals surface area contributed by atoms with E-state index < -0.39 is 52.9 Å². The number of imidazole rings is 1. The van der Waals surface area contributed by atoms with Crippen LogP contribution in [0, 0.1) is 0 Å². The lowest BCUT2D eigenvalue weighted by molar-refractivity contribution is -0.134. The first-order valence-electron chi connectivity index (χ1n) is 7.79. The van der Waals surface area contributed by atoms with Crippen molar-refractivity contribution in [1.29, 1.82) is 0 Å². The molecule has 2 aromatic heterocycles. The zero-order chi connectivity index (χ0) is 20.8. The molecule has 3 rings (SSSR count). The number of hydrogen-bond donors (Lipinski definition) is 6. The van der Waals surface area contributed by atoms with Crippen LogP contribution in [0.4, 0.5) is 5.95 Å². The molecule has 0 saturated carbocycles. The number of halogens is 3. The molecule has 0 aliphatic carbocycles. The number of hydrogen-bond acceptors (Lipinski definition) is 10. The van der Waals surface area contributed by atoms with Crippen LogP contribution >= 0.6 is 34.8 Å². The van der Waals surface area contributed by atoms with Gasteiger partial charge in [0.15, 0.2) is 17.4 Å². The molecule has 156 valence electrons. The number of anilines is 1. The van der Waals surface area contributed by atoms with Gasteiger partial charge in [0.25, 0.3) is 5.56 Å². The van der Waals surface area contributed by atoms with E-state index in [1.54, 1.807) is 0 Å². The van der Waals surface area contributed by atoms with Gasteiger partial charge in [-0.15, -0.1) is 0 Å². The predicted octanol–water partition coefficient (Wildman–Crippen LogP) is -1.61. The number of nitrogen functional groups attached to an aromatic ring is 1. The summed E-state index contributed by atoms with van der Waals surface area (Å²) in [6.07, 6.45) is -8.31. The van der Waals surface area contributed by atoms with Crippen LogP contribution in [0.1, 0.15) is 6.23 Å². The highest BCUT2D eigenvalue weighted by atomic mass is 35.6. The molecule has 15 heteroatoms. The third-order valence-corrected chi connectivity index (χ3v) is 4.62. The molecule has 7 N–H and O–H groups in total. The molecule has 0 amide bonds. The summed E-state index contributed by atoms with van der Waals surface area (Å²) in [5.74, 6) is -0.205. The number of nitrogens with zero attached hydrogens (tertiary/aromatic N) is 3. The SMILES string of the molecule is Nc1nc2c(ncn2C2OC(C(Cl)(Cl)Cl)OC2C(O)C(O)C(O)CO)c(=O)[nH]1. The maximum absolute atomic E-state index is 12.0. The van der Waals surface area contributed by atoms with Gasteiger partial charge >= 0.3 is 0 Å². The van der Waals surface area contributed by atoms with Gasteiger partial charge in [0.1, 0.15) is 24.4 Å². The lowest BCUT2D eigenvalue weighted by Crippen LogP contribution is -2.48. The van der Waals surface area contributed by atoms with Crippen molar-refractivity contribution < 1.29 is 29.9 Å². The highest BCUT2D eigenvalue weighted by Crippen LogP contribution is 2.43. The van der Waals surface area contributed by atoms with Crippen LogP contribution < -0.4 is 11.3 Å². The van der Waals surface area contributed by atoms with E-state index in [1.807, 2.05) is 0 Å². The van der Waals surface area contributed by atoms with Crippen molar-refractivity contribution >= 4 is 51.9 Å².